The summed E-state index contributed by atoms with van der Waals surface area (Å²) in [5, 5.41) is 8.69. The zero-order valence-corrected chi connectivity index (χ0v) is 16.4. The van der Waals surface area contributed by atoms with Gasteiger partial charge in [-0.15, -0.1) is 0 Å². The number of carbonyl (C=O) groups is 1. The molecule has 0 heterocycles. The number of hydrogen-bond acceptors (Lipinski definition) is 3. The lowest BCUT2D eigenvalue weighted by Crippen LogP contribution is -2.32. The van der Waals surface area contributed by atoms with Crippen LogP contribution >= 0.6 is 23.2 Å². The molecule has 0 saturated heterocycles. The van der Waals surface area contributed by atoms with E-state index < -0.39 is 32.6 Å². The minimum Gasteiger partial charge on any atom is -0.481 e. The fourth-order valence-electron chi connectivity index (χ4n) is 2.39. The maximum Gasteiger partial charge on any atom is 0.416 e. The maximum atomic E-state index is 13.1. The number of carboxylic acids is 1. The molecule has 0 atom stereocenters. The number of aliphatic carboxylic acids is 1. The third-order valence-electron chi connectivity index (χ3n) is 3.67. The quantitative estimate of drug-likeness (QED) is 0.631. The monoisotopic (exact) mass is 455 g/mol. The summed E-state index contributed by atoms with van der Waals surface area (Å²) in [6.07, 6.45) is -5.17. The van der Waals surface area contributed by atoms with Crippen LogP contribution in [0.15, 0.2) is 47.4 Å². The fourth-order valence-corrected chi connectivity index (χ4v) is 4.63. The van der Waals surface area contributed by atoms with Gasteiger partial charge < -0.3 is 5.11 Å². The van der Waals surface area contributed by atoms with Crippen LogP contribution in [-0.4, -0.2) is 26.0 Å². The van der Waals surface area contributed by atoms with Crippen LogP contribution in [0.3, 0.4) is 0 Å². The minimum atomic E-state index is -4.68. The summed E-state index contributed by atoms with van der Waals surface area (Å²) < 4.78 is 66.0. The van der Waals surface area contributed by atoms with E-state index in [0.29, 0.717) is 10.4 Å². The molecule has 2 rings (SSSR count). The van der Waals surface area contributed by atoms with Gasteiger partial charge in [-0.25, -0.2) is 8.42 Å². The first-order valence-electron chi connectivity index (χ1n) is 7.80. The molecule has 0 aliphatic heterocycles. The van der Waals surface area contributed by atoms with Crippen LogP contribution in [0.25, 0.3) is 0 Å². The first-order chi connectivity index (χ1) is 12.9. The molecule has 2 aromatic carbocycles. The molecular formula is C17H14Cl2F3NO4S. The molecule has 0 fully saturated rings. The predicted molar refractivity (Wildman–Crippen MR) is 99.3 cm³/mol. The SMILES string of the molecule is O=C(O)CCCN(c1cccc(C(F)(F)F)c1)S(=O)(=O)c1cc(Cl)ccc1Cl. The summed E-state index contributed by atoms with van der Waals surface area (Å²) in [7, 11) is -4.41. The Bertz CT molecular complexity index is 981. The summed E-state index contributed by atoms with van der Waals surface area (Å²) in [5.41, 5.74) is -1.31. The second-order valence-electron chi connectivity index (χ2n) is 5.70. The molecule has 0 saturated carbocycles. The fraction of sp³-hybridized carbons (Fsp3) is 0.235. The van der Waals surface area contributed by atoms with Crippen LogP contribution in [0.4, 0.5) is 18.9 Å². The maximum absolute atomic E-state index is 13.1. The summed E-state index contributed by atoms with van der Waals surface area (Å²) in [6.45, 7) is -0.362. The number of rotatable bonds is 7. The van der Waals surface area contributed by atoms with E-state index in [9.17, 15) is 26.4 Å². The second kappa shape index (κ2) is 8.59. The molecule has 0 radical (unpaired) electrons. The lowest BCUT2D eigenvalue weighted by atomic mass is 10.2. The molecule has 0 unspecified atom stereocenters. The average Bonchev–Trinajstić information content (AvgIpc) is 2.59. The molecule has 1 N–H and O–H groups in total. The molecule has 28 heavy (non-hydrogen) atoms. The Balaban J connectivity index is 2.56. The third-order valence-corrected chi connectivity index (χ3v) is 6.22. The first kappa shape index (κ1) is 22.3. The molecule has 0 amide bonds. The standard InChI is InChI=1S/C17H14Cl2F3NO4S/c18-12-6-7-14(19)15(10-12)28(26,27)23(8-2-5-16(24)25)13-4-1-3-11(9-13)17(20,21)22/h1,3-4,6-7,9-10H,2,5,8H2,(H,24,25). The van der Waals surface area contributed by atoms with Crippen molar-refractivity contribution in [2.45, 2.75) is 23.9 Å². The first-order valence-corrected chi connectivity index (χ1v) is 9.99. The van der Waals surface area contributed by atoms with Crippen LogP contribution in [0.2, 0.25) is 10.0 Å². The molecule has 5 nitrogen and oxygen atoms in total. The minimum absolute atomic E-state index is 0.0671. The molecule has 11 heteroatoms. The van der Waals surface area contributed by atoms with Crippen molar-refractivity contribution in [3.05, 3.63) is 58.1 Å². The Morgan fingerprint density at radius 3 is 2.39 bits per heavy atom. The van der Waals surface area contributed by atoms with Gasteiger partial charge in [-0.1, -0.05) is 29.3 Å². The van der Waals surface area contributed by atoms with E-state index in [2.05, 4.69) is 0 Å². The molecule has 152 valence electrons. The van der Waals surface area contributed by atoms with Crippen LogP contribution < -0.4 is 4.31 Å². The third kappa shape index (κ3) is 5.30. The lowest BCUT2D eigenvalue weighted by Gasteiger charge is -2.25. The van der Waals surface area contributed by atoms with Crippen molar-refractivity contribution in [1.29, 1.82) is 0 Å². The number of carboxylic acid groups (broad SMARTS) is 1. The van der Waals surface area contributed by atoms with E-state index >= 15 is 0 Å². The van der Waals surface area contributed by atoms with Crippen molar-refractivity contribution in [2.24, 2.45) is 0 Å². The van der Waals surface area contributed by atoms with E-state index in [1.54, 1.807) is 0 Å². The van der Waals surface area contributed by atoms with Crippen LogP contribution in [-0.2, 0) is 21.0 Å². The summed E-state index contributed by atoms with van der Waals surface area (Å²) in [5.74, 6) is -1.16. The topological polar surface area (TPSA) is 74.7 Å². The van der Waals surface area contributed by atoms with Gasteiger partial charge in [0.2, 0.25) is 0 Å². The van der Waals surface area contributed by atoms with Crippen molar-refractivity contribution < 1.29 is 31.5 Å². The van der Waals surface area contributed by atoms with Crippen molar-refractivity contribution in [3.8, 4) is 0 Å². The van der Waals surface area contributed by atoms with Crippen molar-refractivity contribution in [3.63, 3.8) is 0 Å². The molecule has 2 aromatic rings. The van der Waals surface area contributed by atoms with Crippen LogP contribution in [0.1, 0.15) is 18.4 Å². The summed E-state index contributed by atoms with van der Waals surface area (Å²) >= 11 is 11.8. The highest BCUT2D eigenvalue weighted by Gasteiger charge is 2.33. The van der Waals surface area contributed by atoms with Gasteiger partial charge in [-0.2, -0.15) is 13.2 Å². The van der Waals surface area contributed by atoms with Gasteiger partial charge in [0.05, 0.1) is 16.3 Å². The van der Waals surface area contributed by atoms with Crippen molar-refractivity contribution in [2.75, 3.05) is 10.8 Å². The number of anilines is 1. The molecule has 0 aliphatic carbocycles. The van der Waals surface area contributed by atoms with E-state index in [-0.39, 0.29) is 35.1 Å². The van der Waals surface area contributed by atoms with Gasteiger partial charge in [-0.05, 0) is 42.8 Å². The van der Waals surface area contributed by atoms with Gasteiger partial charge in [0.1, 0.15) is 4.90 Å². The lowest BCUT2D eigenvalue weighted by molar-refractivity contribution is -0.138. The Morgan fingerprint density at radius 1 is 1.11 bits per heavy atom. The number of benzene rings is 2. The molecule has 0 bridgehead atoms. The van der Waals surface area contributed by atoms with E-state index in [0.717, 1.165) is 18.2 Å². The van der Waals surface area contributed by atoms with Gasteiger partial charge in [0, 0.05) is 18.0 Å². The van der Waals surface area contributed by atoms with E-state index in [1.807, 2.05) is 0 Å². The number of hydrogen-bond donors (Lipinski definition) is 1. The predicted octanol–water partition coefficient (Wildman–Crippen LogP) is 5.07. The molecular weight excluding hydrogens is 442 g/mol. The number of alkyl halides is 3. The van der Waals surface area contributed by atoms with Crippen molar-refractivity contribution in [1.82, 2.24) is 0 Å². The second-order valence-corrected chi connectivity index (χ2v) is 8.37. The summed E-state index contributed by atoms with van der Waals surface area (Å²) in [4.78, 5) is 10.4. The van der Waals surface area contributed by atoms with Gasteiger partial charge >= 0.3 is 12.1 Å². The number of halogens is 5. The largest absolute Gasteiger partial charge is 0.481 e. The van der Waals surface area contributed by atoms with E-state index in [4.69, 9.17) is 28.3 Å². The zero-order chi connectivity index (χ0) is 21.1. The zero-order valence-electron chi connectivity index (χ0n) is 14.1. The van der Waals surface area contributed by atoms with Gasteiger partial charge in [0.15, 0.2) is 0 Å². The van der Waals surface area contributed by atoms with Crippen LogP contribution in [0.5, 0.6) is 0 Å². The Hall–Kier alpha value is -1.97. The van der Waals surface area contributed by atoms with Crippen molar-refractivity contribution >= 4 is 44.9 Å². The number of nitrogens with zero attached hydrogens (tertiary/aromatic N) is 1. The summed E-state index contributed by atoms with van der Waals surface area (Å²) in [6, 6.07) is 7.43. The molecule has 0 aromatic heterocycles. The highest BCUT2D eigenvalue weighted by Crippen LogP contribution is 2.35. The number of sulfonamides is 1. The average molecular weight is 456 g/mol. The molecule has 0 spiro atoms. The Labute approximate surface area is 169 Å². The highest BCUT2D eigenvalue weighted by molar-refractivity contribution is 7.93. The Kier molecular flexibility index (Phi) is 6.84. The Morgan fingerprint density at radius 2 is 1.79 bits per heavy atom. The smallest absolute Gasteiger partial charge is 0.416 e. The van der Waals surface area contributed by atoms with E-state index in [1.165, 1.54) is 18.2 Å². The molecule has 0 aliphatic rings. The highest BCUT2D eigenvalue weighted by atomic mass is 35.5. The van der Waals surface area contributed by atoms with Gasteiger partial charge in [-0.3, -0.25) is 9.10 Å². The van der Waals surface area contributed by atoms with Gasteiger partial charge in [0.25, 0.3) is 10.0 Å². The van der Waals surface area contributed by atoms with Crippen LogP contribution in [0, 0.1) is 0 Å². The normalized spacial score (nSPS) is 12.0.